The zero-order valence-corrected chi connectivity index (χ0v) is 20.4. The Kier molecular flexibility index (Phi) is 10.9. The lowest BCUT2D eigenvalue weighted by Crippen LogP contribution is -2.54. The number of carbonyl (C=O) groups excluding carboxylic acids is 3. The second kappa shape index (κ2) is 12.6. The number of alkyl carbamates (subject to hydrolysis) is 1. The van der Waals surface area contributed by atoms with E-state index in [9.17, 15) is 14.4 Å². The van der Waals surface area contributed by atoms with Gasteiger partial charge in [0.1, 0.15) is 17.7 Å². The predicted octanol–water partition coefficient (Wildman–Crippen LogP) is 3.70. The number of rotatable bonds is 10. The number of hydrogen-bond acceptors (Lipinski definition) is 5. The summed E-state index contributed by atoms with van der Waals surface area (Å²) < 4.78 is 5.27. The van der Waals surface area contributed by atoms with Crippen LogP contribution in [0, 0.1) is 0 Å². The van der Waals surface area contributed by atoms with E-state index in [2.05, 4.69) is 30.2 Å². The third-order valence-corrected chi connectivity index (χ3v) is 4.95. The average Bonchev–Trinajstić information content (AvgIpc) is 2.68. The van der Waals surface area contributed by atoms with Crippen molar-refractivity contribution in [2.24, 2.45) is 0 Å². The van der Waals surface area contributed by atoms with Crippen molar-refractivity contribution in [2.75, 3.05) is 12.3 Å². The Morgan fingerprint density at radius 2 is 1.71 bits per heavy atom. The van der Waals surface area contributed by atoms with Gasteiger partial charge >= 0.3 is 6.09 Å². The van der Waals surface area contributed by atoms with Crippen LogP contribution in [0.5, 0.6) is 0 Å². The molecule has 0 heterocycles. The molecule has 0 radical (unpaired) electrons. The largest absolute Gasteiger partial charge is 0.444 e. The van der Waals surface area contributed by atoms with Crippen molar-refractivity contribution in [1.29, 1.82) is 0 Å². The molecule has 1 rings (SSSR count). The molecule has 0 spiro atoms. The summed E-state index contributed by atoms with van der Waals surface area (Å²) in [5.74, 6) is -0.572. The highest BCUT2D eigenvalue weighted by atomic mass is 32.1. The van der Waals surface area contributed by atoms with Gasteiger partial charge in [-0.2, -0.15) is 12.6 Å². The van der Waals surface area contributed by atoms with E-state index in [4.69, 9.17) is 4.74 Å². The van der Waals surface area contributed by atoms with Crippen molar-refractivity contribution < 1.29 is 19.1 Å². The third kappa shape index (κ3) is 8.81. The van der Waals surface area contributed by atoms with E-state index in [-0.39, 0.29) is 24.2 Å². The molecule has 0 aliphatic carbocycles. The smallest absolute Gasteiger partial charge is 0.408 e. The molecule has 3 amide bonds. The Morgan fingerprint density at radius 1 is 1.10 bits per heavy atom. The Balaban J connectivity index is 3.16. The predicted molar refractivity (Wildman–Crippen MR) is 126 cm³/mol. The molecule has 1 aromatic rings. The van der Waals surface area contributed by atoms with Crippen molar-refractivity contribution in [3.8, 4) is 0 Å². The maximum Gasteiger partial charge on any atom is 0.408 e. The van der Waals surface area contributed by atoms with Crippen LogP contribution in [-0.2, 0) is 14.3 Å². The van der Waals surface area contributed by atoms with Crippen LogP contribution in [-0.4, -0.2) is 52.8 Å². The molecule has 0 aromatic heterocycles. The van der Waals surface area contributed by atoms with E-state index in [1.165, 1.54) is 4.90 Å². The maximum atomic E-state index is 13.4. The number of nitrogens with zero attached hydrogens (tertiary/aromatic N) is 1. The van der Waals surface area contributed by atoms with Gasteiger partial charge in [-0.3, -0.25) is 9.59 Å². The van der Waals surface area contributed by atoms with E-state index in [1.807, 2.05) is 37.3 Å². The van der Waals surface area contributed by atoms with Crippen molar-refractivity contribution in [1.82, 2.24) is 15.5 Å². The Hall–Kier alpha value is -2.22. The van der Waals surface area contributed by atoms with Crippen LogP contribution in [0.15, 0.2) is 30.3 Å². The SMILES string of the molecule is CCCC(C)NC(=O)C(c1ccccc1)N(CC)C(=O)C(CS)NC(=O)OC(C)(C)C. The summed E-state index contributed by atoms with van der Waals surface area (Å²) in [6.07, 6.45) is 1.08. The fourth-order valence-corrected chi connectivity index (χ4v) is 3.48. The summed E-state index contributed by atoms with van der Waals surface area (Å²) >= 11 is 4.25. The molecule has 0 fully saturated rings. The molecule has 2 N–H and O–H groups in total. The lowest BCUT2D eigenvalue weighted by molar-refractivity contribution is -0.142. The fraction of sp³-hybridized carbons (Fsp3) is 0.609. The maximum absolute atomic E-state index is 13.4. The minimum absolute atomic E-state index is 0.0157. The first kappa shape index (κ1) is 26.8. The zero-order chi connectivity index (χ0) is 23.6. The normalized spacial score (nSPS) is 14.2. The van der Waals surface area contributed by atoms with Crippen molar-refractivity contribution in [2.45, 2.75) is 78.1 Å². The number of thiol groups is 1. The fourth-order valence-electron chi connectivity index (χ4n) is 3.24. The highest BCUT2D eigenvalue weighted by Gasteiger charge is 2.35. The average molecular weight is 452 g/mol. The highest BCUT2D eigenvalue weighted by molar-refractivity contribution is 7.80. The molecular formula is C23H37N3O4S. The van der Waals surface area contributed by atoms with Crippen LogP contribution in [0.3, 0.4) is 0 Å². The molecule has 0 saturated heterocycles. The number of ether oxygens (including phenoxy) is 1. The Bertz CT molecular complexity index is 721. The van der Waals surface area contributed by atoms with Gasteiger partial charge in [0.15, 0.2) is 0 Å². The highest BCUT2D eigenvalue weighted by Crippen LogP contribution is 2.23. The van der Waals surface area contributed by atoms with Gasteiger partial charge in [0.2, 0.25) is 11.8 Å². The number of nitrogens with one attached hydrogen (secondary N) is 2. The first-order chi connectivity index (χ1) is 14.5. The van der Waals surface area contributed by atoms with Crippen molar-refractivity contribution in [3.63, 3.8) is 0 Å². The zero-order valence-electron chi connectivity index (χ0n) is 19.5. The first-order valence-electron chi connectivity index (χ1n) is 10.8. The second-order valence-electron chi connectivity index (χ2n) is 8.52. The van der Waals surface area contributed by atoms with Crippen LogP contribution >= 0.6 is 12.6 Å². The Morgan fingerprint density at radius 3 is 2.19 bits per heavy atom. The van der Waals surface area contributed by atoms with Gasteiger partial charge in [0.25, 0.3) is 0 Å². The molecule has 1 aromatic carbocycles. The second-order valence-corrected chi connectivity index (χ2v) is 8.88. The summed E-state index contributed by atoms with van der Waals surface area (Å²) in [4.78, 5) is 40.3. The van der Waals surface area contributed by atoms with Crippen LogP contribution in [0.1, 0.15) is 66.0 Å². The van der Waals surface area contributed by atoms with Crippen LogP contribution < -0.4 is 10.6 Å². The number of amides is 3. The summed E-state index contributed by atoms with van der Waals surface area (Å²) in [5.41, 5.74) is 0.00900. The molecule has 3 atom stereocenters. The number of benzene rings is 1. The van der Waals surface area contributed by atoms with Crippen molar-refractivity contribution >= 4 is 30.5 Å². The Labute approximate surface area is 191 Å². The third-order valence-electron chi connectivity index (χ3n) is 4.58. The van der Waals surface area contributed by atoms with Gasteiger partial charge in [0.05, 0.1) is 0 Å². The topological polar surface area (TPSA) is 87.7 Å². The first-order valence-corrected chi connectivity index (χ1v) is 11.4. The molecule has 0 aliphatic heterocycles. The number of hydrogen-bond donors (Lipinski definition) is 3. The molecule has 0 saturated carbocycles. The van der Waals surface area contributed by atoms with Crippen molar-refractivity contribution in [3.05, 3.63) is 35.9 Å². The van der Waals surface area contributed by atoms with Gasteiger partial charge in [-0.05, 0) is 46.6 Å². The van der Waals surface area contributed by atoms with E-state index in [1.54, 1.807) is 27.7 Å². The minimum atomic E-state index is -0.926. The van der Waals surface area contributed by atoms with Gasteiger partial charge < -0.3 is 20.3 Å². The van der Waals surface area contributed by atoms with E-state index >= 15 is 0 Å². The van der Waals surface area contributed by atoms with E-state index in [0.717, 1.165) is 12.8 Å². The number of likely N-dealkylation sites (N-methyl/N-ethyl adjacent to an activating group) is 1. The molecule has 31 heavy (non-hydrogen) atoms. The minimum Gasteiger partial charge on any atom is -0.444 e. The monoisotopic (exact) mass is 451 g/mol. The van der Waals surface area contributed by atoms with Gasteiger partial charge in [-0.1, -0.05) is 43.7 Å². The van der Waals surface area contributed by atoms with Gasteiger partial charge in [0, 0.05) is 18.3 Å². The van der Waals surface area contributed by atoms with Gasteiger partial charge in [-0.25, -0.2) is 4.79 Å². The quantitative estimate of drug-likeness (QED) is 0.473. The van der Waals surface area contributed by atoms with E-state index < -0.39 is 29.7 Å². The summed E-state index contributed by atoms with van der Waals surface area (Å²) in [7, 11) is 0. The van der Waals surface area contributed by atoms with Crippen LogP contribution in [0.4, 0.5) is 4.79 Å². The standard InChI is InChI=1S/C23H37N3O4S/c1-7-12-16(3)24-20(27)19(17-13-10-9-11-14-17)26(8-2)21(28)18(15-31)25-22(29)30-23(4,5)6/h9-11,13-14,16,18-19,31H,7-8,12,15H2,1-6H3,(H,24,27)(H,25,29). The summed E-state index contributed by atoms with van der Waals surface area (Å²) in [6, 6.07) is 7.40. The van der Waals surface area contributed by atoms with Gasteiger partial charge in [-0.15, -0.1) is 0 Å². The molecule has 8 heteroatoms. The molecule has 0 bridgehead atoms. The number of carbonyl (C=O) groups is 3. The molecular weight excluding hydrogens is 414 g/mol. The van der Waals surface area contributed by atoms with Crippen LogP contribution in [0.25, 0.3) is 0 Å². The lowest BCUT2D eigenvalue weighted by atomic mass is 10.0. The molecule has 7 nitrogen and oxygen atoms in total. The van der Waals surface area contributed by atoms with Crippen LogP contribution in [0.2, 0.25) is 0 Å². The summed E-state index contributed by atoms with van der Waals surface area (Å²) in [6.45, 7) is 11.3. The molecule has 0 aliphatic rings. The summed E-state index contributed by atoms with van der Waals surface area (Å²) in [5, 5.41) is 5.60. The molecule has 174 valence electrons. The van der Waals surface area contributed by atoms with E-state index in [0.29, 0.717) is 5.56 Å². The lowest BCUT2D eigenvalue weighted by Gasteiger charge is -2.34. The molecule has 3 unspecified atom stereocenters.